The van der Waals surface area contributed by atoms with E-state index < -0.39 is 0 Å². The van der Waals surface area contributed by atoms with E-state index in [1.54, 1.807) is 0 Å². The van der Waals surface area contributed by atoms with Gasteiger partial charge in [0.2, 0.25) is 5.89 Å². The Balaban J connectivity index is 2.39. The molecule has 0 unspecified atom stereocenters. The van der Waals surface area contributed by atoms with Crippen molar-refractivity contribution in [3.05, 3.63) is 12.2 Å². The third-order valence-corrected chi connectivity index (χ3v) is 1.23. The van der Waals surface area contributed by atoms with Gasteiger partial charge in [0.05, 0.1) is 6.54 Å². The number of nitrogens with zero attached hydrogens (tertiary/aromatic N) is 1. The molecule has 0 aliphatic carbocycles. The van der Waals surface area contributed by atoms with Gasteiger partial charge in [-0.15, -0.1) is 0 Å². The van der Waals surface area contributed by atoms with Gasteiger partial charge >= 0.3 is 0 Å². The van der Waals surface area contributed by atoms with Crippen molar-refractivity contribution in [2.24, 2.45) is 0 Å². The van der Waals surface area contributed by atoms with Gasteiger partial charge in [0.1, 0.15) is 6.26 Å². The zero-order valence-corrected chi connectivity index (χ0v) is 6.79. The molecule has 0 aromatic carbocycles. The predicted molar refractivity (Wildman–Crippen MR) is 42.9 cm³/mol. The summed E-state index contributed by atoms with van der Waals surface area (Å²) in [6, 6.07) is 0.433. The van der Waals surface area contributed by atoms with E-state index in [1.807, 2.05) is 0 Å². The molecular formula is C7H13N3O. The fourth-order valence-corrected chi connectivity index (χ4v) is 0.698. The molecule has 0 saturated carbocycles. The van der Waals surface area contributed by atoms with Gasteiger partial charge in [-0.25, -0.2) is 0 Å². The van der Waals surface area contributed by atoms with E-state index in [9.17, 15) is 0 Å². The lowest BCUT2D eigenvalue weighted by Gasteiger charge is -2.03. The monoisotopic (exact) mass is 155 g/mol. The molecule has 0 saturated heterocycles. The summed E-state index contributed by atoms with van der Waals surface area (Å²) in [5, 5.41) is 3.16. The van der Waals surface area contributed by atoms with Crippen LogP contribution in [0.1, 0.15) is 19.7 Å². The van der Waals surface area contributed by atoms with Crippen LogP contribution < -0.4 is 11.1 Å². The zero-order valence-electron chi connectivity index (χ0n) is 6.79. The highest BCUT2D eigenvalue weighted by Crippen LogP contribution is 2.01. The van der Waals surface area contributed by atoms with E-state index in [-0.39, 0.29) is 0 Å². The third-order valence-electron chi connectivity index (χ3n) is 1.23. The first kappa shape index (κ1) is 8.07. The molecule has 1 heterocycles. The molecule has 1 rings (SSSR count). The van der Waals surface area contributed by atoms with Crippen LogP contribution in [0.2, 0.25) is 0 Å². The predicted octanol–water partition coefficient (Wildman–Crippen LogP) is 0.755. The fourth-order valence-electron chi connectivity index (χ4n) is 0.698. The summed E-state index contributed by atoms with van der Waals surface area (Å²) in [5.74, 6) is 1.07. The Labute approximate surface area is 65.8 Å². The minimum Gasteiger partial charge on any atom is -0.445 e. The van der Waals surface area contributed by atoms with Gasteiger partial charge in [0.15, 0.2) is 5.82 Å². The van der Waals surface area contributed by atoms with E-state index in [2.05, 4.69) is 24.1 Å². The molecule has 0 fully saturated rings. The summed E-state index contributed by atoms with van der Waals surface area (Å²) in [6.07, 6.45) is 1.44. The van der Waals surface area contributed by atoms with Crippen LogP contribution in [0, 0.1) is 0 Å². The molecule has 0 bridgehead atoms. The normalized spacial score (nSPS) is 10.8. The molecule has 0 spiro atoms. The van der Waals surface area contributed by atoms with Crippen molar-refractivity contribution in [1.82, 2.24) is 10.3 Å². The largest absolute Gasteiger partial charge is 0.445 e. The molecule has 0 aliphatic heterocycles. The first-order chi connectivity index (χ1) is 5.18. The Kier molecular flexibility index (Phi) is 2.48. The molecule has 11 heavy (non-hydrogen) atoms. The number of hydrogen-bond donors (Lipinski definition) is 2. The maximum absolute atomic E-state index is 5.35. The summed E-state index contributed by atoms with van der Waals surface area (Å²) in [4.78, 5) is 3.93. The Morgan fingerprint density at radius 3 is 2.91 bits per heavy atom. The van der Waals surface area contributed by atoms with Gasteiger partial charge in [0, 0.05) is 6.04 Å². The average Bonchev–Trinajstić information content (AvgIpc) is 2.31. The fraction of sp³-hybridized carbons (Fsp3) is 0.571. The zero-order chi connectivity index (χ0) is 8.27. The van der Waals surface area contributed by atoms with Gasteiger partial charge < -0.3 is 15.5 Å². The number of hydrogen-bond acceptors (Lipinski definition) is 4. The first-order valence-corrected chi connectivity index (χ1v) is 3.61. The average molecular weight is 155 g/mol. The minimum absolute atomic E-state index is 0.433. The third kappa shape index (κ3) is 2.59. The minimum atomic E-state index is 0.433. The SMILES string of the molecule is CC(C)NCc1nc(N)co1. The topological polar surface area (TPSA) is 64.1 Å². The molecule has 1 aromatic heterocycles. The van der Waals surface area contributed by atoms with E-state index in [4.69, 9.17) is 10.2 Å². The van der Waals surface area contributed by atoms with E-state index in [0.717, 1.165) is 0 Å². The van der Waals surface area contributed by atoms with E-state index >= 15 is 0 Å². The first-order valence-electron chi connectivity index (χ1n) is 3.61. The van der Waals surface area contributed by atoms with Crippen molar-refractivity contribution in [3.63, 3.8) is 0 Å². The number of anilines is 1. The second-order valence-corrected chi connectivity index (χ2v) is 2.70. The quantitative estimate of drug-likeness (QED) is 0.676. The molecule has 1 aromatic rings. The van der Waals surface area contributed by atoms with E-state index in [1.165, 1.54) is 6.26 Å². The van der Waals surface area contributed by atoms with Crippen LogP contribution in [0.15, 0.2) is 10.7 Å². The van der Waals surface area contributed by atoms with Crippen molar-refractivity contribution < 1.29 is 4.42 Å². The summed E-state index contributed by atoms with van der Waals surface area (Å²) in [6.45, 7) is 4.76. The van der Waals surface area contributed by atoms with Crippen LogP contribution in [0.4, 0.5) is 5.82 Å². The van der Waals surface area contributed by atoms with Crippen molar-refractivity contribution in [2.45, 2.75) is 26.4 Å². The Hall–Kier alpha value is -1.03. The Bertz CT molecular complexity index is 219. The van der Waals surface area contributed by atoms with Gasteiger partial charge in [-0.05, 0) is 0 Å². The summed E-state index contributed by atoms with van der Waals surface area (Å²) in [5.41, 5.74) is 5.35. The van der Waals surface area contributed by atoms with Crippen LogP contribution >= 0.6 is 0 Å². The lowest BCUT2D eigenvalue weighted by atomic mass is 10.4. The van der Waals surface area contributed by atoms with Gasteiger partial charge in [-0.3, -0.25) is 0 Å². The number of rotatable bonds is 3. The Morgan fingerprint density at radius 1 is 1.73 bits per heavy atom. The number of oxazole rings is 1. The van der Waals surface area contributed by atoms with Crippen molar-refractivity contribution >= 4 is 5.82 Å². The molecule has 4 heteroatoms. The molecule has 62 valence electrons. The maximum Gasteiger partial charge on any atom is 0.209 e. The van der Waals surface area contributed by atoms with Gasteiger partial charge in [0.25, 0.3) is 0 Å². The maximum atomic E-state index is 5.35. The van der Waals surface area contributed by atoms with Crippen LogP contribution in [0.3, 0.4) is 0 Å². The molecule has 0 radical (unpaired) electrons. The number of aromatic nitrogens is 1. The molecule has 3 N–H and O–H groups in total. The van der Waals surface area contributed by atoms with Crippen molar-refractivity contribution in [2.75, 3.05) is 5.73 Å². The summed E-state index contributed by atoms with van der Waals surface area (Å²) in [7, 11) is 0. The number of nitrogen functional groups attached to an aromatic ring is 1. The molecule has 4 nitrogen and oxygen atoms in total. The van der Waals surface area contributed by atoms with Crippen molar-refractivity contribution in [1.29, 1.82) is 0 Å². The number of nitrogens with two attached hydrogens (primary N) is 1. The lowest BCUT2D eigenvalue weighted by Crippen LogP contribution is -2.21. The highest BCUT2D eigenvalue weighted by molar-refractivity contribution is 5.21. The van der Waals surface area contributed by atoms with Crippen LogP contribution in [-0.2, 0) is 6.54 Å². The second kappa shape index (κ2) is 3.39. The molecule has 0 aliphatic rings. The van der Waals surface area contributed by atoms with E-state index in [0.29, 0.717) is 24.3 Å². The molecule has 0 atom stereocenters. The van der Waals surface area contributed by atoms with Crippen LogP contribution in [0.25, 0.3) is 0 Å². The van der Waals surface area contributed by atoms with Crippen LogP contribution in [-0.4, -0.2) is 11.0 Å². The molecular weight excluding hydrogens is 142 g/mol. The van der Waals surface area contributed by atoms with Gasteiger partial charge in [-0.2, -0.15) is 4.98 Å². The molecule has 0 amide bonds. The smallest absolute Gasteiger partial charge is 0.209 e. The Morgan fingerprint density at radius 2 is 2.45 bits per heavy atom. The van der Waals surface area contributed by atoms with Crippen LogP contribution in [0.5, 0.6) is 0 Å². The standard InChI is InChI=1S/C7H13N3O/c1-5(2)9-3-7-10-6(8)4-11-7/h4-5,9H,3,8H2,1-2H3. The van der Waals surface area contributed by atoms with Gasteiger partial charge in [-0.1, -0.05) is 13.8 Å². The highest BCUT2D eigenvalue weighted by Gasteiger charge is 2.00. The summed E-state index contributed by atoms with van der Waals surface area (Å²) >= 11 is 0. The highest BCUT2D eigenvalue weighted by atomic mass is 16.3. The second-order valence-electron chi connectivity index (χ2n) is 2.70. The lowest BCUT2D eigenvalue weighted by molar-refractivity contribution is 0.451. The van der Waals surface area contributed by atoms with Crippen molar-refractivity contribution in [3.8, 4) is 0 Å². The summed E-state index contributed by atoms with van der Waals surface area (Å²) < 4.78 is 5.02. The number of nitrogens with one attached hydrogen (secondary N) is 1.